The van der Waals surface area contributed by atoms with Crippen LogP contribution in [0, 0.1) is 11.7 Å². The van der Waals surface area contributed by atoms with Crippen LogP contribution in [0.3, 0.4) is 0 Å². The first-order valence-electron chi connectivity index (χ1n) is 6.39. The third-order valence-electron chi connectivity index (χ3n) is 3.39. The summed E-state index contributed by atoms with van der Waals surface area (Å²) >= 11 is 0. The van der Waals surface area contributed by atoms with Crippen LogP contribution in [0.5, 0.6) is 5.75 Å². The molecule has 1 saturated heterocycles. The van der Waals surface area contributed by atoms with Gasteiger partial charge in [-0.1, -0.05) is 13.0 Å². The summed E-state index contributed by atoms with van der Waals surface area (Å²) in [6.45, 7) is 4.87. The molecule has 0 saturated carbocycles. The third kappa shape index (κ3) is 3.21. The predicted molar refractivity (Wildman–Crippen MR) is 70.0 cm³/mol. The zero-order valence-corrected chi connectivity index (χ0v) is 11.0. The maximum absolute atomic E-state index is 13.6. The molecule has 2 unspecified atom stereocenters. The highest BCUT2D eigenvalue weighted by Crippen LogP contribution is 2.21. The monoisotopic (exact) mass is 252 g/mol. The van der Waals surface area contributed by atoms with E-state index in [9.17, 15) is 4.39 Å². The molecule has 0 bridgehead atoms. The molecule has 2 N–H and O–H groups in total. The highest BCUT2D eigenvalue weighted by atomic mass is 19.1. The molecule has 0 aromatic heterocycles. The lowest BCUT2D eigenvalue weighted by Crippen LogP contribution is -2.45. The van der Waals surface area contributed by atoms with Crippen LogP contribution < -0.4 is 10.5 Å². The van der Waals surface area contributed by atoms with Crippen molar-refractivity contribution < 1.29 is 9.13 Å². The minimum atomic E-state index is -0.302. The fourth-order valence-electron chi connectivity index (χ4n) is 2.71. The van der Waals surface area contributed by atoms with Crippen molar-refractivity contribution in [3.05, 3.63) is 29.6 Å². The Balaban J connectivity index is 2.02. The second-order valence-corrected chi connectivity index (χ2v) is 5.26. The number of piperidine rings is 1. The van der Waals surface area contributed by atoms with Gasteiger partial charge in [-0.2, -0.15) is 0 Å². The molecule has 1 fully saturated rings. The van der Waals surface area contributed by atoms with E-state index in [4.69, 9.17) is 10.5 Å². The van der Waals surface area contributed by atoms with E-state index in [-0.39, 0.29) is 11.9 Å². The van der Waals surface area contributed by atoms with Crippen LogP contribution in [0.2, 0.25) is 0 Å². The van der Waals surface area contributed by atoms with Gasteiger partial charge in [0, 0.05) is 25.7 Å². The number of halogens is 1. The van der Waals surface area contributed by atoms with Crippen LogP contribution in [0.15, 0.2) is 18.2 Å². The standard InChI is InChI=1S/C14H21FN2O/c1-10-5-12(16)9-17(7-10)8-11-3-4-14(18-2)13(15)6-11/h3-4,6,10,12H,5,7-9,16H2,1-2H3. The molecule has 0 aliphatic carbocycles. The van der Waals surface area contributed by atoms with E-state index >= 15 is 0 Å². The highest BCUT2D eigenvalue weighted by molar-refractivity contribution is 5.29. The molecule has 100 valence electrons. The van der Waals surface area contributed by atoms with Gasteiger partial charge in [-0.05, 0) is 30.0 Å². The maximum atomic E-state index is 13.6. The molecule has 0 radical (unpaired) electrons. The predicted octanol–water partition coefficient (Wildman–Crippen LogP) is 2.00. The van der Waals surface area contributed by atoms with E-state index in [1.807, 2.05) is 6.07 Å². The van der Waals surface area contributed by atoms with Gasteiger partial charge < -0.3 is 10.5 Å². The Hall–Kier alpha value is -1.13. The lowest BCUT2D eigenvalue weighted by atomic mass is 9.96. The summed E-state index contributed by atoms with van der Waals surface area (Å²) in [6, 6.07) is 5.37. The van der Waals surface area contributed by atoms with Crippen molar-refractivity contribution in [2.24, 2.45) is 11.7 Å². The van der Waals surface area contributed by atoms with Crippen LogP contribution in [0.1, 0.15) is 18.9 Å². The zero-order chi connectivity index (χ0) is 13.1. The Bertz CT molecular complexity index is 401. The van der Waals surface area contributed by atoms with Gasteiger partial charge in [0.2, 0.25) is 0 Å². The second-order valence-electron chi connectivity index (χ2n) is 5.26. The number of likely N-dealkylation sites (tertiary alicyclic amines) is 1. The maximum Gasteiger partial charge on any atom is 0.165 e. The fraction of sp³-hybridized carbons (Fsp3) is 0.571. The first-order valence-corrected chi connectivity index (χ1v) is 6.39. The first-order chi connectivity index (χ1) is 8.58. The summed E-state index contributed by atoms with van der Waals surface area (Å²) in [5.74, 6) is 0.601. The Morgan fingerprint density at radius 3 is 2.83 bits per heavy atom. The molecular formula is C14H21FN2O. The number of hydrogen-bond acceptors (Lipinski definition) is 3. The summed E-state index contributed by atoms with van der Waals surface area (Å²) in [5, 5.41) is 0. The van der Waals surface area contributed by atoms with Gasteiger partial charge in [0.05, 0.1) is 7.11 Å². The highest BCUT2D eigenvalue weighted by Gasteiger charge is 2.22. The molecule has 2 rings (SSSR count). The van der Waals surface area contributed by atoms with Crippen molar-refractivity contribution in [1.29, 1.82) is 0 Å². The van der Waals surface area contributed by atoms with E-state index in [1.165, 1.54) is 7.11 Å². The minimum Gasteiger partial charge on any atom is -0.494 e. The van der Waals surface area contributed by atoms with Crippen molar-refractivity contribution in [2.45, 2.75) is 25.9 Å². The summed E-state index contributed by atoms with van der Waals surface area (Å²) in [4.78, 5) is 2.29. The van der Waals surface area contributed by atoms with E-state index in [0.29, 0.717) is 11.7 Å². The minimum absolute atomic E-state index is 0.233. The normalized spacial score (nSPS) is 25.1. The Kier molecular flexibility index (Phi) is 4.19. The number of nitrogens with zero attached hydrogens (tertiary/aromatic N) is 1. The van der Waals surface area contributed by atoms with Gasteiger partial charge in [0.15, 0.2) is 11.6 Å². The molecule has 4 heteroatoms. The van der Waals surface area contributed by atoms with Crippen molar-refractivity contribution >= 4 is 0 Å². The van der Waals surface area contributed by atoms with Gasteiger partial charge in [0.1, 0.15) is 0 Å². The molecule has 1 heterocycles. The number of methoxy groups -OCH3 is 1. The van der Waals surface area contributed by atoms with Gasteiger partial charge in [-0.25, -0.2) is 4.39 Å². The van der Waals surface area contributed by atoms with Gasteiger partial charge in [-0.3, -0.25) is 4.90 Å². The van der Waals surface area contributed by atoms with Gasteiger partial charge in [-0.15, -0.1) is 0 Å². The Morgan fingerprint density at radius 2 is 2.22 bits per heavy atom. The number of benzene rings is 1. The number of ether oxygens (including phenoxy) is 1. The van der Waals surface area contributed by atoms with Crippen LogP contribution in [0.4, 0.5) is 4.39 Å². The van der Waals surface area contributed by atoms with Crippen molar-refractivity contribution in [2.75, 3.05) is 20.2 Å². The second kappa shape index (κ2) is 5.67. The zero-order valence-electron chi connectivity index (χ0n) is 11.0. The van der Waals surface area contributed by atoms with E-state index in [2.05, 4.69) is 11.8 Å². The summed E-state index contributed by atoms with van der Waals surface area (Å²) in [6.07, 6.45) is 1.08. The average molecular weight is 252 g/mol. The summed E-state index contributed by atoms with van der Waals surface area (Å²) < 4.78 is 18.5. The molecule has 0 amide bonds. The van der Waals surface area contributed by atoms with Crippen LogP contribution in [-0.4, -0.2) is 31.1 Å². The molecule has 18 heavy (non-hydrogen) atoms. The summed E-state index contributed by atoms with van der Waals surface area (Å²) in [5.41, 5.74) is 6.98. The largest absolute Gasteiger partial charge is 0.494 e. The third-order valence-corrected chi connectivity index (χ3v) is 3.39. The van der Waals surface area contributed by atoms with Crippen LogP contribution >= 0.6 is 0 Å². The lowest BCUT2D eigenvalue weighted by molar-refractivity contribution is 0.158. The first kappa shape index (κ1) is 13.3. The van der Waals surface area contributed by atoms with E-state index in [1.54, 1.807) is 12.1 Å². The number of rotatable bonds is 3. The Morgan fingerprint density at radius 1 is 1.44 bits per heavy atom. The lowest BCUT2D eigenvalue weighted by Gasteiger charge is -2.34. The molecule has 1 aromatic rings. The molecular weight excluding hydrogens is 231 g/mol. The molecule has 3 nitrogen and oxygen atoms in total. The van der Waals surface area contributed by atoms with E-state index < -0.39 is 0 Å². The van der Waals surface area contributed by atoms with Gasteiger partial charge >= 0.3 is 0 Å². The molecule has 1 aromatic carbocycles. The van der Waals surface area contributed by atoms with Crippen LogP contribution in [-0.2, 0) is 6.54 Å². The number of nitrogens with two attached hydrogens (primary N) is 1. The van der Waals surface area contributed by atoms with E-state index in [0.717, 1.165) is 31.6 Å². The molecule has 1 aliphatic rings. The van der Waals surface area contributed by atoms with Crippen molar-refractivity contribution in [3.63, 3.8) is 0 Å². The fourth-order valence-corrected chi connectivity index (χ4v) is 2.71. The quantitative estimate of drug-likeness (QED) is 0.894. The molecule has 1 aliphatic heterocycles. The molecule has 2 atom stereocenters. The topological polar surface area (TPSA) is 38.5 Å². The van der Waals surface area contributed by atoms with Crippen LogP contribution in [0.25, 0.3) is 0 Å². The average Bonchev–Trinajstić information content (AvgIpc) is 2.27. The number of hydrogen-bond donors (Lipinski definition) is 1. The van der Waals surface area contributed by atoms with Crippen molar-refractivity contribution in [1.82, 2.24) is 4.90 Å². The van der Waals surface area contributed by atoms with Crippen molar-refractivity contribution in [3.8, 4) is 5.75 Å². The van der Waals surface area contributed by atoms with Gasteiger partial charge in [0.25, 0.3) is 0 Å². The Labute approximate surface area is 108 Å². The SMILES string of the molecule is COc1ccc(CN2CC(C)CC(N)C2)cc1F. The molecule has 0 spiro atoms. The smallest absolute Gasteiger partial charge is 0.165 e. The summed E-state index contributed by atoms with van der Waals surface area (Å²) in [7, 11) is 1.48.